The first-order valence-corrected chi connectivity index (χ1v) is 14.6. The summed E-state index contributed by atoms with van der Waals surface area (Å²) in [6.45, 7) is 13.3. The van der Waals surface area contributed by atoms with Crippen LogP contribution in [0.2, 0.25) is 0 Å². The lowest BCUT2D eigenvalue weighted by atomic mass is 9.37. The van der Waals surface area contributed by atoms with E-state index in [1.54, 1.807) is 13.0 Å². The van der Waals surface area contributed by atoms with Gasteiger partial charge in [-0.3, -0.25) is 9.59 Å². The third-order valence-electron chi connectivity index (χ3n) is 11.2. The van der Waals surface area contributed by atoms with Gasteiger partial charge in [-0.25, -0.2) is 9.59 Å². The third kappa shape index (κ3) is 4.01. The molecule has 10 nitrogen and oxygen atoms in total. The van der Waals surface area contributed by atoms with Crippen molar-refractivity contribution in [1.29, 1.82) is 0 Å². The molecular weight excluding hydrogens is 544 g/mol. The number of hydrogen-bond donors (Lipinski definition) is 3. The number of esters is 3. The first kappa shape index (κ1) is 30.6. The number of hydrogen-bond acceptors (Lipinski definition) is 10. The first-order chi connectivity index (χ1) is 19.2. The van der Waals surface area contributed by atoms with Crippen LogP contribution in [-0.4, -0.2) is 69.2 Å². The lowest BCUT2D eigenvalue weighted by Gasteiger charge is -2.68. The fourth-order valence-corrected chi connectivity index (χ4v) is 9.24. The van der Waals surface area contributed by atoms with E-state index < -0.39 is 81.6 Å². The SMILES string of the molecule is CC(=O)OC1CC2C(C)(C)C(=O)C=CC2(C)C2C(OC(=O)C(C)(C)O)C(O)C3(C)C(=CCC3C3=CC(O)OC3=O)C12C. The predicted molar refractivity (Wildman–Crippen MR) is 148 cm³/mol. The summed E-state index contributed by atoms with van der Waals surface area (Å²) in [5, 5.41) is 33.0. The second-order valence-electron chi connectivity index (χ2n) is 14.4. The van der Waals surface area contributed by atoms with Crippen LogP contribution < -0.4 is 0 Å². The highest BCUT2D eigenvalue weighted by atomic mass is 16.6. The van der Waals surface area contributed by atoms with Crippen molar-refractivity contribution in [3.63, 3.8) is 0 Å². The van der Waals surface area contributed by atoms with E-state index in [9.17, 15) is 34.5 Å². The van der Waals surface area contributed by atoms with Gasteiger partial charge in [0, 0.05) is 40.6 Å². The highest BCUT2D eigenvalue weighted by Crippen LogP contribution is 2.73. The quantitative estimate of drug-likeness (QED) is 0.254. The van der Waals surface area contributed by atoms with Crippen LogP contribution in [0.25, 0.3) is 0 Å². The molecule has 0 spiro atoms. The Morgan fingerprint density at radius 3 is 2.24 bits per heavy atom. The lowest BCUT2D eigenvalue weighted by molar-refractivity contribution is -0.246. The van der Waals surface area contributed by atoms with E-state index in [2.05, 4.69) is 0 Å². The van der Waals surface area contributed by atoms with Gasteiger partial charge in [0.05, 0.1) is 0 Å². The molecule has 5 rings (SSSR count). The Kier molecular flexibility index (Phi) is 6.81. The normalized spacial score (nSPS) is 43.8. The maximum atomic E-state index is 13.3. The molecule has 5 aliphatic rings. The maximum Gasteiger partial charge on any atom is 0.337 e. The second kappa shape index (κ2) is 9.34. The summed E-state index contributed by atoms with van der Waals surface area (Å²) in [7, 11) is 0. The van der Waals surface area contributed by atoms with Gasteiger partial charge in [0.2, 0.25) is 6.29 Å². The number of ether oxygens (including phenoxy) is 3. The molecule has 0 aromatic heterocycles. The third-order valence-corrected chi connectivity index (χ3v) is 11.2. The van der Waals surface area contributed by atoms with Crippen LogP contribution in [0.1, 0.15) is 68.2 Å². The van der Waals surface area contributed by atoms with Crippen LogP contribution in [0.3, 0.4) is 0 Å². The molecule has 0 aromatic carbocycles. The molecule has 0 bridgehead atoms. The largest absolute Gasteiger partial charge is 0.462 e. The van der Waals surface area contributed by atoms with E-state index in [0.29, 0.717) is 12.8 Å². The zero-order valence-corrected chi connectivity index (χ0v) is 25.5. The molecule has 10 atom stereocenters. The van der Waals surface area contributed by atoms with Crippen molar-refractivity contribution in [3.8, 4) is 0 Å². The summed E-state index contributed by atoms with van der Waals surface area (Å²) < 4.78 is 17.1. The van der Waals surface area contributed by atoms with Crippen LogP contribution in [0.5, 0.6) is 0 Å². The Balaban J connectivity index is 1.77. The number of fused-ring (bicyclic) bond motifs is 5. The first-order valence-electron chi connectivity index (χ1n) is 14.6. The molecule has 0 amide bonds. The van der Waals surface area contributed by atoms with E-state index in [0.717, 1.165) is 5.57 Å². The molecule has 230 valence electrons. The predicted octanol–water partition coefficient (Wildman–Crippen LogP) is 2.54. The Morgan fingerprint density at radius 2 is 1.69 bits per heavy atom. The summed E-state index contributed by atoms with van der Waals surface area (Å²) in [4.78, 5) is 51.9. The number of carbonyl (C=O) groups excluding carboxylic acids is 4. The molecule has 2 fully saturated rings. The second-order valence-corrected chi connectivity index (χ2v) is 14.4. The molecular formula is C32H42O10. The van der Waals surface area contributed by atoms with Gasteiger partial charge in [0.25, 0.3) is 0 Å². The Hall–Kier alpha value is -2.82. The minimum absolute atomic E-state index is 0.0771. The summed E-state index contributed by atoms with van der Waals surface area (Å²) in [5.41, 5.74) is -4.86. The highest BCUT2D eigenvalue weighted by molar-refractivity contribution is 5.96. The van der Waals surface area contributed by atoms with E-state index in [1.807, 2.05) is 39.8 Å². The van der Waals surface area contributed by atoms with Crippen LogP contribution >= 0.6 is 0 Å². The van der Waals surface area contributed by atoms with Gasteiger partial charge in [-0.05, 0) is 50.2 Å². The van der Waals surface area contributed by atoms with Gasteiger partial charge in [0.15, 0.2) is 11.4 Å². The van der Waals surface area contributed by atoms with E-state index >= 15 is 0 Å². The monoisotopic (exact) mass is 586 g/mol. The summed E-state index contributed by atoms with van der Waals surface area (Å²) in [5.74, 6) is -3.94. The molecule has 3 N–H and O–H groups in total. The molecule has 10 unspecified atom stereocenters. The van der Waals surface area contributed by atoms with Crippen molar-refractivity contribution in [1.82, 2.24) is 0 Å². The molecule has 2 saturated carbocycles. The fraction of sp³-hybridized carbons (Fsp3) is 0.688. The minimum Gasteiger partial charge on any atom is -0.462 e. The molecule has 0 radical (unpaired) electrons. The summed E-state index contributed by atoms with van der Waals surface area (Å²) >= 11 is 0. The maximum absolute atomic E-state index is 13.3. The topological polar surface area (TPSA) is 157 Å². The van der Waals surface area contributed by atoms with Crippen LogP contribution in [0.15, 0.2) is 35.5 Å². The number of allylic oxidation sites excluding steroid dienone is 3. The van der Waals surface area contributed by atoms with Gasteiger partial charge in [-0.1, -0.05) is 52.3 Å². The minimum atomic E-state index is -1.88. The van der Waals surface area contributed by atoms with Crippen molar-refractivity contribution in [2.75, 3.05) is 0 Å². The van der Waals surface area contributed by atoms with Gasteiger partial charge < -0.3 is 29.5 Å². The number of rotatable bonds is 4. The molecule has 0 aromatic rings. The average Bonchev–Trinajstić information content (AvgIpc) is 3.39. The Labute approximate surface area is 245 Å². The Bertz CT molecular complexity index is 1330. The number of ketones is 1. The summed E-state index contributed by atoms with van der Waals surface area (Å²) in [6.07, 6.45) is 2.51. The number of aliphatic hydroxyl groups is 3. The molecule has 4 aliphatic carbocycles. The van der Waals surface area contributed by atoms with E-state index in [1.165, 1.54) is 26.8 Å². The number of aliphatic hydroxyl groups excluding tert-OH is 2. The molecule has 1 aliphatic heterocycles. The molecule has 42 heavy (non-hydrogen) atoms. The van der Waals surface area contributed by atoms with Crippen molar-refractivity contribution in [3.05, 3.63) is 35.5 Å². The van der Waals surface area contributed by atoms with E-state index in [4.69, 9.17) is 14.2 Å². The molecule has 1 heterocycles. The molecule has 10 heteroatoms. The van der Waals surface area contributed by atoms with Crippen LogP contribution in [0, 0.1) is 39.4 Å². The lowest BCUT2D eigenvalue weighted by Crippen LogP contribution is -2.72. The molecule has 0 saturated heterocycles. The van der Waals surface area contributed by atoms with Crippen LogP contribution in [0.4, 0.5) is 0 Å². The van der Waals surface area contributed by atoms with Gasteiger partial charge in [-0.2, -0.15) is 0 Å². The Morgan fingerprint density at radius 1 is 1.05 bits per heavy atom. The fourth-order valence-electron chi connectivity index (χ4n) is 9.24. The van der Waals surface area contributed by atoms with E-state index in [-0.39, 0.29) is 17.3 Å². The van der Waals surface area contributed by atoms with Gasteiger partial charge >= 0.3 is 17.9 Å². The summed E-state index contributed by atoms with van der Waals surface area (Å²) in [6, 6.07) is 0. The van der Waals surface area contributed by atoms with Crippen molar-refractivity contribution >= 4 is 23.7 Å². The average molecular weight is 587 g/mol. The highest BCUT2D eigenvalue weighted by Gasteiger charge is 2.74. The zero-order chi connectivity index (χ0) is 31.4. The zero-order valence-electron chi connectivity index (χ0n) is 25.5. The number of carbonyl (C=O) groups is 4. The standard InChI is InChI=1S/C32H42O10/c1-15(33)40-21-14-19-28(2,3)20(34)11-12-30(19,6)24-23(42-27(38)29(4,5)39)25(36)31(7)17(9-10-18(31)32(21,24)8)16-13-22(35)41-26(16)37/h10-13,17,19,21-25,35-36,39H,9,14H2,1-8H3. The number of cyclic esters (lactones) is 1. The van der Waals surface area contributed by atoms with Gasteiger partial charge in [-0.15, -0.1) is 0 Å². The van der Waals surface area contributed by atoms with Crippen molar-refractivity contribution in [2.45, 2.75) is 98.4 Å². The smallest absolute Gasteiger partial charge is 0.337 e. The van der Waals surface area contributed by atoms with Crippen molar-refractivity contribution < 1.29 is 48.7 Å². The van der Waals surface area contributed by atoms with Gasteiger partial charge in [0.1, 0.15) is 18.3 Å². The van der Waals surface area contributed by atoms with Crippen molar-refractivity contribution in [2.24, 2.45) is 39.4 Å². The van der Waals surface area contributed by atoms with Crippen LogP contribution in [-0.2, 0) is 33.4 Å².